The van der Waals surface area contributed by atoms with Crippen LogP contribution < -0.4 is 5.32 Å². The molecule has 0 saturated heterocycles. The third-order valence-electron chi connectivity index (χ3n) is 3.56. The Morgan fingerprint density at radius 1 is 1.08 bits per heavy atom. The van der Waals surface area contributed by atoms with Crippen LogP contribution in [0.5, 0.6) is 0 Å². The molecule has 0 aromatic rings. The molecule has 0 aromatic carbocycles. The summed E-state index contributed by atoms with van der Waals surface area (Å²) >= 11 is 0. The zero-order valence-electron chi connectivity index (χ0n) is 15.7. The summed E-state index contributed by atoms with van der Waals surface area (Å²) in [5.74, 6) is -2.12. The third-order valence-corrected chi connectivity index (χ3v) is 3.56. The predicted molar refractivity (Wildman–Crippen MR) is 91.8 cm³/mol. The summed E-state index contributed by atoms with van der Waals surface area (Å²) in [6.45, 7) is 9.18. The second-order valence-corrected chi connectivity index (χ2v) is 6.93. The Hall–Kier alpha value is -2.05. The minimum Gasteiger partial charge on any atom is -0.465 e. The van der Waals surface area contributed by atoms with E-state index in [4.69, 9.17) is 14.2 Å². The van der Waals surface area contributed by atoms with E-state index in [1.54, 1.807) is 34.6 Å². The number of allylic oxidation sites excluding steroid dienone is 1. The first-order valence-corrected chi connectivity index (χ1v) is 8.67. The van der Waals surface area contributed by atoms with E-state index in [2.05, 4.69) is 5.32 Å². The molecule has 1 N–H and O–H groups in total. The molecule has 142 valence electrons. The predicted octanol–water partition coefficient (Wildman–Crippen LogP) is 2.59. The monoisotopic (exact) mass is 355 g/mol. The van der Waals surface area contributed by atoms with E-state index in [9.17, 15) is 14.4 Å². The fourth-order valence-electron chi connectivity index (χ4n) is 2.59. The Morgan fingerprint density at radius 2 is 1.64 bits per heavy atom. The smallest absolute Gasteiger partial charge is 0.408 e. The molecule has 0 bridgehead atoms. The van der Waals surface area contributed by atoms with Gasteiger partial charge in [-0.1, -0.05) is 12.2 Å². The van der Waals surface area contributed by atoms with Gasteiger partial charge in [0.1, 0.15) is 5.60 Å². The number of rotatable bonds is 7. The van der Waals surface area contributed by atoms with Crippen LogP contribution in [0.25, 0.3) is 0 Å². The van der Waals surface area contributed by atoms with Crippen molar-refractivity contribution in [3.05, 3.63) is 12.2 Å². The molecule has 7 heteroatoms. The first kappa shape index (κ1) is 21.0. The minimum absolute atomic E-state index is 0.0289. The molecule has 0 radical (unpaired) electrons. The lowest BCUT2D eigenvalue weighted by Gasteiger charge is -2.22. The number of amides is 1. The maximum absolute atomic E-state index is 12.0. The van der Waals surface area contributed by atoms with Crippen LogP contribution >= 0.6 is 0 Å². The molecule has 0 aliphatic heterocycles. The van der Waals surface area contributed by atoms with Crippen LogP contribution in [0, 0.1) is 11.8 Å². The van der Waals surface area contributed by atoms with E-state index in [-0.39, 0.29) is 25.2 Å². The van der Waals surface area contributed by atoms with Gasteiger partial charge >= 0.3 is 18.0 Å². The SMILES string of the molecule is CCOC(=O)C(C[C@H]1C=C[C@@H](NC(=O)OC(C)(C)C)C1)C(=O)OCC. The fraction of sp³-hybridized carbons (Fsp3) is 0.722. The summed E-state index contributed by atoms with van der Waals surface area (Å²) in [6, 6.07) is -0.190. The lowest BCUT2D eigenvalue weighted by Crippen LogP contribution is -2.38. The number of hydrogen-bond acceptors (Lipinski definition) is 6. The van der Waals surface area contributed by atoms with Crippen molar-refractivity contribution in [2.75, 3.05) is 13.2 Å². The zero-order valence-corrected chi connectivity index (χ0v) is 15.7. The molecule has 25 heavy (non-hydrogen) atoms. The molecule has 7 nitrogen and oxygen atoms in total. The first-order valence-electron chi connectivity index (χ1n) is 8.67. The topological polar surface area (TPSA) is 90.9 Å². The van der Waals surface area contributed by atoms with Crippen molar-refractivity contribution in [3.63, 3.8) is 0 Å². The lowest BCUT2D eigenvalue weighted by molar-refractivity contribution is -0.162. The second kappa shape index (κ2) is 9.44. The average molecular weight is 355 g/mol. The highest BCUT2D eigenvalue weighted by molar-refractivity contribution is 5.94. The Balaban J connectivity index is 2.58. The Bertz CT molecular complexity index is 490. The van der Waals surface area contributed by atoms with Crippen molar-refractivity contribution in [2.24, 2.45) is 11.8 Å². The molecule has 0 spiro atoms. The number of ether oxygens (including phenoxy) is 3. The van der Waals surface area contributed by atoms with Gasteiger partial charge in [-0.25, -0.2) is 4.79 Å². The van der Waals surface area contributed by atoms with Crippen molar-refractivity contribution < 1.29 is 28.6 Å². The van der Waals surface area contributed by atoms with Crippen LogP contribution in [0.15, 0.2) is 12.2 Å². The van der Waals surface area contributed by atoms with Crippen LogP contribution in [0.4, 0.5) is 4.79 Å². The van der Waals surface area contributed by atoms with E-state index in [1.165, 1.54) is 0 Å². The number of carbonyl (C=O) groups is 3. The van der Waals surface area contributed by atoms with Gasteiger partial charge in [-0.15, -0.1) is 0 Å². The van der Waals surface area contributed by atoms with Crippen LogP contribution in [0.3, 0.4) is 0 Å². The summed E-state index contributed by atoms with van der Waals surface area (Å²) in [6.07, 6.45) is 4.14. The molecule has 0 aromatic heterocycles. The maximum atomic E-state index is 12.0. The molecule has 1 rings (SSSR count). The molecule has 0 unspecified atom stereocenters. The van der Waals surface area contributed by atoms with E-state index in [0.29, 0.717) is 12.8 Å². The highest BCUT2D eigenvalue weighted by Crippen LogP contribution is 2.26. The van der Waals surface area contributed by atoms with Gasteiger partial charge in [-0.05, 0) is 53.4 Å². The highest BCUT2D eigenvalue weighted by atomic mass is 16.6. The van der Waals surface area contributed by atoms with E-state index in [0.717, 1.165) is 0 Å². The van der Waals surface area contributed by atoms with Crippen LogP contribution in [0.1, 0.15) is 47.5 Å². The molecule has 1 aliphatic rings. The standard InChI is InChI=1S/C18H29NO6/c1-6-23-15(20)14(16(21)24-7-2)11-12-8-9-13(10-12)19-17(22)25-18(3,4)5/h8-9,12-14H,6-7,10-11H2,1-5H3,(H,19,22)/t12-,13+/m0/s1. The first-order chi connectivity index (χ1) is 11.7. The Morgan fingerprint density at radius 3 is 2.12 bits per heavy atom. The number of hydrogen-bond donors (Lipinski definition) is 1. The van der Waals surface area contributed by atoms with Gasteiger partial charge in [0.05, 0.1) is 19.3 Å². The van der Waals surface area contributed by atoms with Crippen LogP contribution in [-0.4, -0.2) is 42.9 Å². The average Bonchev–Trinajstić information content (AvgIpc) is 2.90. The molecule has 0 fully saturated rings. The highest BCUT2D eigenvalue weighted by Gasteiger charge is 2.34. The van der Waals surface area contributed by atoms with Gasteiger partial charge < -0.3 is 19.5 Å². The van der Waals surface area contributed by atoms with Gasteiger partial charge in [0.2, 0.25) is 0 Å². The lowest BCUT2D eigenvalue weighted by atomic mass is 9.93. The second-order valence-electron chi connectivity index (χ2n) is 6.93. The quantitative estimate of drug-likeness (QED) is 0.327. The number of esters is 2. The van der Waals surface area contributed by atoms with Crippen molar-refractivity contribution >= 4 is 18.0 Å². The number of alkyl carbamates (subject to hydrolysis) is 1. The van der Waals surface area contributed by atoms with Gasteiger partial charge in [-0.2, -0.15) is 0 Å². The number of nitrogens with one attached hydrogen (secondary N) is 1. The van der Waals surface area contributed by atoms with Crippen LogP contribution in [0.2, 0.25) is 0 Å². The summed E-state index contributed by atoms with van der Waals surface area (Å²) in [5, 5.41) is 2.77. The van der Waals surface area contributed by atoms with Gasteiger partial charge in [0.25, 0.3) is 0 Å². The molecule has 2 atom stereocenters. The van der Waals surface area contributed by atoms with Crippen molar-refractivity contribution in [3.8, 4) is 0 Å². The fourth-order valence-corrected chi connectivity index (χ4v) is 2.59. The molecular weight excluding hydrogens is 326 g/mol. The Labute approximate surface area is 149 Å². The van der Waals surface area contributed by atoms with Crippen molar-refractivity contribution in [2.45, 2.75) is 59.1 Å². The zero-order chi connectivity index (χ0) is 19.0. The molecular formula is C18H29NO6. The van der Waals surface area contributed by atoms with E-state index in [1.807, 2.05) is 12.2 Å². The van der Waals surface area contributed by atoms with Gasteiger partial charge in [0.15, 0.2) is 5.92 Å². The minimum atomic E-state index is -0.949. The third kappa shape index (κ3) is 7.58. The van der Waals surface area contributed by atoms with Crippen LogP contribution in [-0.2, 0) is 23.8 Å². The summed E-state index contributed by atoms with van der Waals surface area (Å²) in [7, 11) is 0. The largest absolute Gasteiger partial charge is 0.465 e. The molecule has 1 aliphatic carbocycles. The van der Waals surface area contributed by atoms with Gasteiger partial charge in [-0.3, -0.25) is 9.59 Å². The number of carbonyl (C=O) groups excluding carboxylic acids is 3. The van der Waals surface area contributed by atoms with Crippen molar-refractivity contribution in [1.82, 2.24) is 5.32 Å². The summed E-state index contributed by atoms with van der Waals surface area (Å²) < 4.78 is 15.2. The summed E-state index contributed by atoms with van der Waals surface area (Å²) in [5.41, 5.74) is -0.565. The van der Waals surface area contributed by atoms with Crippen molar-refractivity contribution in [1.29, 1.82) is 0 Å². The van der Waals surface area contributed by atoms with Gasteiger partial charge in [0, 0.05) is 0 Å². The van der Waals surface area contributed by atoms with E-state index >= 15 is 0 Å². The molecule has 1 amide bonds. The normalized spacial score (nSPS) is 19.6. The molecule has 0 saturated carbocycles. The molecule has 0 heterocycles. The summed E-state index contributed by atoms with van der Waals surface area (Å²) in [4.78, 5) is 35.9. The Kier molecular flexibility index (Phi) is 7.93. The van der Waals surface area contributed by atoms with E-state index < -0.39 is 29.6 Å². The maximum Gasteiger partial charge on any atom is 0.408 e.